The molecule has 1 atom stereocenters. The van der Waals surface area contributed by atoms with Gasteiger partial charge in [0.25, 0.3) is 0 Å². The van der Waals surface area contributed by atoms with E-state index in [4.69, 9.17) is 15.1 Å². The lowest BCUT2D eigenvalue weighted by molar-refractivity contribution is -0.0138. The molecule has 0 aliphatic rings. The number of aliphatic hydroxyl groups excluding tert-OH is 1. The van der Waals surface area contributed by atoms with Gasteiger partial charge in [-0.15, -0.1) is 0 Å². The van der Waals surface area contributed by atoms with Crippen molar-refractivity contribution < 1.29 is 9.84 Å². The highest BCUT2D eigenvalue weighted by Gasteiger charge is 2.23. The van der Waals surface area contributed by atoms with Crippen molar-refractivity contribution >= 4 is 0 Å². The molecule has 76 valence electrons. The van der Waals surface area contributed by atoms with Crippen molar-refractivity contribution in [2.45, 2.75) is 45.1 Å². The van der Waals surface area contributed by atoms with E-state index in [1.165, 1.54) is 0 Å². The standard InChI is InChI=1S/C10H19NO2/c1-3-4-5-6-10(2,9-11)13-8-7-12/h12H,3-8H2,1-2H3. The second-order valence-electron chi connectivity index (χ2n) is 3.37. The van der Waals surface area contributed by atoms with Gasteiger partial charge < -0.3 is 9.84 Å². The molecule has 3 heteroatoms. The van der Waals surface area contributed by atoms with Crippen LogP contribution in [0.1, 0.15) is 39.5 Å². The van der Waals surface area contributed by atoms with Gasteiger partial charge in [0.15, 0.2) is 5.60 Å². The number of ether oxygens (including phenoxy) is 1. The van der Waals surface area contributed by atoms with Crippen molar-refractivity contribution in [3.8, 4) is 6.07 Å². The highest BCUT2D eigenvalue weighted by molar-refractivity contribution is 4.97. The van der Waals surface area contributed by atoms with Gasteiger partial charge in [-0.3, -0.25) is 0 Å². The molecule has 0 aromatic carbocycles. The first-order valence-electron chi connectivity index (χ1n) is 4.84. The summed E-state index contributed by atoms with van der Waals surface area (Å²) in [5.74, 6) is 0. The maximum absolute atomic E-state index is 8.85. The summed E-state index contributed by atoms with van der Waals surface area (Å²) in [6, 6.07) is 2.14. The summed E-state index contributed by atoms with van der Waals surface area (Å²) in [6.07, 6.45) is 4.02. The molecule has 1 unspecified atom stereocenters. The molecule has 0 fully saturated rings. The molecule has 0 saturated carbocycles. The van der Waals surface area contributed by atoms with Gasteiger partial charge in [-0.25, -0.2) is 0 Å². The van der Waals surface area contributed by atoms with Crippen LogP contribution in [0, 0.1) is 11.3 Å². The fourth-order valence-electron chi connectivity index (χ4n) is 1.14. The van der Waals surface area contributed by atoms with Gasteiger partial charge >= 0.3 is 0 Å². The van der Waals surface area contributed by atoms with E-state index in [0.717, 1.165) is 25.7 Å². The van der Waals surface area contributed by atoms with E-state index in [1.54, 1.807) is 6.92 Å². The number of rotatable bonds is 7. The number of hydrogen-bond donors (Lipinski definition) is 1. The average molecular weight is 185 g/mol. The van der Waals surface area contributed by atoms with E-state index >= 15 is 0 Å². The predicted molar refractivity (Wildman–Crippen MR) is 51.2 cm³/mol. The molecule has 0 saturated heterocycles. The minimum Gasteiger partial charge on any atom is -0.394 e. The van der Waals surface area contributed by atoms with E-state index in [2.05, 4.69) is 13.0 Å². The van der Waals surface area contributed by atoms with Gasteiger partial charge in [0.1, 0.15) is 0 Å². The normalized spacial score (nSPS) is 14.9. The molecule has 0 radical (unpaired) electrons. The highest BCUT2D eigenvalue weighted by Crippen LogP contribution is 2.18. The van der Waals surface area contributed by atoms with Crippen LogP contribution in [0.5, 0.6) is 0 Å². The molecule has 0 bridgehead atoms. The van der Waals surface area contributed by atoms with Gasteiger partial charge in [0.2, 0.25) is 0 Å². The van der Waals surface area contributed by atoms with Crippen LogP contribution in [0.4, 0.5) is 0 Å². The summed E-state index contributed by atoms with van der Waals surface area (Å²) < 4.78 is 5.26. The smallest absolute Gasteiger partial charge is 0.151 e. The van der Waals surface area contributed by atoms with Gasteiger partial charge in [-0.2, -0.15) is 5.26 Å². The molecule has 0 aliphatic carbocycles. The van der Waals surface area contributed by atoms with Crippen LogP contribution in [0.2, 0.25) is 0 Å². The number of unbranched alkanes of at least 4 members (excludes halogenated alkanes) is 2. The lowest BCUT2D eigenvalue weighted by Gasteiger charge is -2.21. The van der Waals surface area contributed by atoms with Gasteiger partial charge in [-0.05, 0) is 19.8 Å². The van der Waals surface area contributed by atoms with Crippen LogP contribution >= 0.6 is 0 Å². The van der Waals surface area contributed by atoms with E-state index in [0.29, 0.717) is 0 Å². The summed E-state index contributed by atoms with van der Waals surface area (Å²) in [5, 5.41) is 17.4. The number of hydrogen-bond acceptors (Lipinski definition) is 3. The summed E-state index contributed by atoms with van der Waals surface area (Å²) in [6.45, 7) is 4.12. The maximum atomic E-state index is 8.85. The van der Waals surface area contributed by atoms with E-state index in [1.807, 2.05) is 0 Å². The van der Waals surface area contributed by atoms with Gasteiger partial charge in [0.05, 0.1) is 19.3 Å². The molecule has 13 heavy (non-hydrogen) atoms. The fourth-order valence-corrected chi connectivity index (χ4v) is 1.14. The van der Waals surface area contributed by atoms with Crippen LogP contribution in [0.3, 0.4) is 0 Å². The zero-order valence-corrected chi connectivity index (χ0v) is 8.55. The van der Waals surface area contributed by atoms with Crippen LogP contribution < -0.4 is 0 Å². The first kappa shape index (κ1) is 12.4. The SMILES string of the molecule is CCCCCC(C)(C#N)OCCO. The number of aliphatic hydroxyl groups is 1. The molecule has 0 aromatic heterocycles. The second-order valence-corrected chi connectivity index (χ2v) is 3.37. The topological polar surface area (TPSA) is 53.2 Å². The molecule has 0 rings (SSSR count). The quantitative estimate of drug-likeness (QED) is 0.616. The first-order valence-corrected chi connectivity index (χ1v) is 4.84. The second kappa shape index (κ2) is 6.88. The molecule has 0 aromatic rings. The van der Waals surface area contributed by atoms with Crippen molar-refractivity contribution in [3.05, 3.63) is 0 Å². The third kappa shape index (κ3) is 5.62. The predicted octanol–water partition coefficient (Wildman–Crippen LogP) is 1.86. The van der Waals surface area contributed by atoms with Gasteiger partial charge in [0, 0.05) is 0 Å². The first-order chi connectivity index (χ1) is 6.18. The summed E-state index contributed by atoms with van der Waals surface area (Å²) in [7, 11) is 0. The summed E-state index contributed by atoms with van der Waals surface area (Å²) in [5.41, 5.74) is -0.710. The molecular weight excluding hydrogens is 166 g/mol. The Bertz CT molecular complexity index is 165. The maximum Gasteiger partial charge on any atom is 0.151 e. The van der Waals surface area contributed by atoms with Crippen molar-refractivity contribution in [1.29, 1.82) is 5.26 Å². The molecule has 0 amide bonds. The number of nitriles is 1. The lowest BCUT2D eigenvalue weighted by Crippen LogP contribution is -2.28. The Morgan fingerprint density at radius 1 is 1.46 bits per heavy atom. The minimum absolute atomic E-state index is 0.0228. The van der Waals surface area contributed by atoms with E-state index in [9.17, 15) is 0 Å². The Kier molecular flexibility index (Phi) is 6.56. The van der Waals surface area contributed by atoms with Gasteiger partial charge in [-0.1, -0.05) is 19.8 Å². The zero-order chi connectivity index (χ0) is 10.2. The Morgan fingerprint density at radius 2 is 2.15 bits per heavy atom. The molecular formula is C10H19NO2. The van der Waals surface area contributed by atoms with E-state index < -0.39 is 5.60 Å². The average Bonchev–Trinajstić information content (AvgIpc) is 2.15. The minimum atomic E-state index is -0.710. The molecule has 0 spiro atoms. The Balaban J connectivity index is 3.76. The Labute approximate surface area is 80.3 Å². The largest absolute Gasteiger partial charge is 0.394 e. The van der Waals surface area contributed by atoms with Crippen LogP contribution in [-0.2, 0) is 4.74 Å². The molecule has 1 N–H and O–H groups in total. The Morgan fingerprint density at radius 3 is 2.62 bits per heavy atom. The highest BCUT2D eigenvalue weighted by atomic mass is 16.5. The van der Waals surface area contributed by atoms with Crippen molar-refractivity contribution in [1.82, 2.24) is 0 Å². The summed E-state index contributed by atoms with van der Waals surface area (Å²) in [4.78, 5) is 0. The van der Waals surface area contributed by atoms with Crippen molar-refractivity contribution in [2.75, 3.05) is 13.2 Å². The fraction of sp³-hybridized carbons (Fsp3) is 0.900. The third-order valence-corrected chi connectivity index (χ3v) is 2.01. The Hall–Kier alpha value is -0.590. The molecule has 0 heterocycles. The van der Waals surface area contributed by atoms with Crippen LogP contribution in [0.25, 0.3) is 0 Å². The third-order valence-electron chi connectivity index (χ3n) is 2.01. The summed E-state index contributed by atoms with van der Waals surface area (Å²) >= 11 is 0. The van der Waals surface area contributed by atoms with Crippen molar-refractivity contribution in [2.24, 2.45) is 0 Å². The molecule has 0 aliphatic heterocycles. The van der Waals surface area contributed by atoms with E-state index in [-0.39, 0.29) is 13.2 Å². The van der Waals surface area contributed by atoms with Crippen LogP contribution in [0.15, 0.2) is 0 Å². The van der Waals surface area contributed by atoms with Crippen LogP contribution in [-0.4, -0.2) is 23.9 Å². The van der Waals surface area contributed by atoms with Crippen molar-refractivity contribution in [3.63, 3.8) is 0 Å². The molecule has 3 nitrogen and oxygen atoms in total. The zero-order valence-electron chi connectivity index (χ0n) is 8.55. The lowest BCUT2D eigenvalue weighted by atomic mass is 10.00. The number of nitrogens with zero attached hydrogens (tertiary/aromatic N) is 1. The monoisotopic (exact) mass is 185 g/mol.